The Kier molecular flexibility index (Phi) is 5.99. The minimum atomic E-state index is -0.663. The summed E-state index contributed by atoms with van der Waals surface area (Å²) >= 11 is 5.31. The van der Waals surface area contributed by atoms with Crippen LogP contribution in [-0.2, 0) is 4.79 Å². The molecule has 2 aliphatic rings. The van der Waals surface area contributed by atoms with Crippen molar-refractivity contribution in [1.29, 1.82) is 0 Å². The molecule has 0 bridgehead atoms. The van der Waals surface area contributed by atoms with Gasteiger partial charge in [-0.1, -0.05) is 50.7 Å². The zero-order valence-electron chi connectivity index (χ0n) is 12.9. The third-order valence-corrected chi connectivity index (χ3v) is 5.58. The van der Waals surface area contributed by atoms with Gasteiger partial charge in [-0.05, 0) is 25.7 Å². The Morgan fingerprint density at radius 1 is 1.14 bits per heavy atom. The fourth-order valence-electron chi connectivity index (χ4n) is 3.81. The molecule has 1 heterocycles. The Bertz CT molecular complexity index is 378. The van der Waals surface area contributed by atoms with E-state index in [-0.39, 0.29) is 18.6 Å². The van der Waals surface area contributed by atoms with Crippen LogP contribution in [0.15, 0.2) is 0 Å². The first kappa shape index (κ1) is 16.7. The second-order valence-electron chi connectivity index (χ2n) is 6.54. The van der Waals surface area contributed by atoms with E-state index in [2.05, 4.69) is 0 Å². The second-order valence-corrected chi connectivity index (χ2v) is 6.98. The van der Waals surface area contributed by atoms with Crippen molar-refractivity contribution >= 4 is 23.1 Å². The van der Waals surface area contributed by atoms with Crippen LogP contribution < -0.4 is 5.73 Å². The van der Waals surface area contributed by atoms with Gasteiger partial charge in [0.05, 0.1) is 23.1 Å². The summed E-state index contributed by atoms with van der Waals surface area (Å²) in [7, 11) is 0. The molecule has 2 fully saturated rings. The molecule has 0 aromatic heterocycles. The molecule has 0 aromatic carbocycles. The van der Waals surface area contributed by atoms with Crippen LogP contribution in [0.5, 0.6) is 0 Å². The van der Waals surface area contributed by atoms with Crippen LogP contribution in [0.25, 0.3) is 0 Å². The van der Waals surface area contributed by atoms with E-state index in [1.54, 1.807) is 0 Å². The summed E-state index contributed by atoms with van der Waals surface area (Å²) in [6.07, 6.45) is 9.98. The summed E-state index contributed by atoms with van der Waals surface area (Å²) in [5.41, 5.74) is 5.36. The fourth-order valence-corrected chi connectivity index (χ4v) is 4.10. The monoisotopic (exact) mass is 312 g/mol. The molecule has 2 rings (SSSR count). The van der Waals surface area contributed by atoms with E-state index in [0.717, 1.165) is 70.8 Å². The Morgan fingerprint density at radius 3 is 2.33 bits per heavy atom. The van der Waals surface area contributed by atoms with E-state index in [9.17, 15) is 9.90 Å². The minimum Gasteiger partial charge on any atom is -0.394 e. The Labute approximate surface area is 133 Å². The third kappa shape index (κ3) is 3.57. The average molecular weight is 312 g/mol. The normalized spacial score (nSPS) is 26.7. The van der Waals surface area contributed by atoms with Gasteiger partial charge in [-0.15, -0.1) is 0 Å². The minimum absolute atomic E-state index is 0.0408. The quantitative estimate of drug-likeness (QED) is 0.620. The summed E-state index contributed by atoms with van der Waals surface area (Å²) in [6.45, 7) is 0.771. The Balaban J connectivity index is 2.25. The summed E-state index contributed by atoms with van der Waals surface area (Å²) in [4.78, 5) is 15.5. The van der Waals surface area contributed by atoms with Gasteiger partial charge in [0.2, 0.25) is 5.91 Å². The lowest BCUT2D eigenvalue weighted by atomic mass is 9.78. The molecular weight excluding hydrogens is 284 g/mol. The van der Waals surface area contributed by atoms with Gasteiger partial charge >= 0.3 is 0 Å². The number of carbonyl (C=O) groups excluding carboxylic acids is 1. The zero-order valence-corrected chi connectivity index (χ0v) is 13.7. The number of thiocarbonyl (C=S) groups is 1. The standard InChI is InChI=1S/C16H28N2O2S/c17-14(21)16(9-5-1-2-6-10-16)15(20)18-11-7-3-4-8-13(18)12-19/h13,19H,1-12H2,(H2,17,21). The second kappa shape index (κ2) is 7.54. The van der Waals surface area contributed by atoms with Crippen LogP contribution in [-0.4, -0.2) is 40.1 Å². The predicted octanol–water partition coefficient (Wildman–Crippen LogP) is 2.38. The van der Waals surface area contributed by atoms with Crippen molar-refractivity contribution in [3.63, 3.8) is 0 Å². The number of carbonyl (C=O) groups is 1. The molecule has 0 radical (unpaired) electrons. The maximum absolute atomic E-state index is 13.2. The van der Waals surface area contributed by atoms with Crippen molar-refractivity contribution < 1.29 is 9.90 Å². The van der Waals surface area contributed by atoms with Crippen LogP contribution >= 0.6 is 12.2 Å². The number of hydrogen-bond acceptors (Lipinski definition) is 3. The van der Waals surface area contributed by atoms with E-state index in [4.69, 9.17) is 18.0 Å². The first-order valence-corrected chi connectivity index (χ1v) is 8.74. The molecular formula is C16H28N2O2S. The number of hydrogen-bond donors (Lipinski definition) is 2. The van der Waals surface area contributed by atoms with E-state index < -0.39 is 5.41 Å². The highest BCUT2D eigenvalue weighted by Gasteiger charge is 2.45. The number of nitrogens with zero attached hydrogens (tertiary/aromatic N) is 1. The third-order valence-electron chi connectivity index (χ3n) is 5.19. The summed E-state index contributed by atoms with van der Waals surface area (Å²) in [6, 6.07) is -0.0607. The van der Waals surface area contributed by atoms with Gasteiger partial charge in [-0.3, -0.25) is 4.79 Å². The van der Waals surface area contributed by atoms with Crippen LogP contribution in [0.1, 0.15) is 64.2 Å². The largest absolute Gasteiger partial charge is 0.394 e. The number of amides is 1. The van der Waals surface area contributed by atoms with E-state index in [1.807, 2.05) is 4.90 Å². The first-order chi connectivity index (χ1) is 10.1. The van der Waals surface area contributed by atoms with Crippen molar-refractivity contribution in [2.24, 2.45) is 11.1 Å². The van der Waals surface area contributed by atoms with Crippen LogP contribution in [0.4, 0.5) is 0 Å². The lowest BCUT2D eigenvalue weighted by Gasteiger charge is -2.39. The van der Waals surface area contributed by atoms with E-state index in [0.29, 0.717) is 4.99 Å². The number of nitrogens with two attached hydrogens (primary N) is 1. The Hall–Kier alpha value is -0.680. The molecule has 0 aromatic rings. The molecule has 4 nitrogen and oxygen atoms in total. The van der Waals surface area contributed by atoms with Gasteiger partial charge in [0.1, 0.15) is 0 Å². The zero-order chi connectivity index (χ0) is 15.3. The summed E-state index contributed by atoms with van der Waals surface area (Å²) in [5.74, 6) is 0.0813. The van der Waals surface area contributed by atoms with Crippen molar-refractivity contribution in [3.05, 3.63) is 0 Å². The molecule has 0 spiro atoms. The number of aliphatic hydroxyl groups is 1. The summed E-state index contributed by atoms with van der Waals surface area (Å²) < 4.78 is 0. The predicted molar refractivity (Wildman–Crippen MR) is 88.0 cm³/mol. The highest BCUT2D eigenvalue weighted by molar-refractivity contribution is 7.80. The number of aliphatic hydroxyl groups excluding tert-OH is 1. The maximum Gasteiger partial charge on any atom is 0.235 e. The smallest absolute Gasteiger partial charge is 0.235 e. The molecule has 3 N–H and O–H groups in total. The van der Waals surface area contributed by atoms with Gasteiger partial charge in [0.25, 0.3) is 0 Å². The Morgan fingerprint density at radius 2 is 1.76 bits per heavy atom. The molecule has 1 aliphatic heterocycles. The molecule has 1 atom stereocenters. The lowest BCUT2D eigenvalue weighted by Crippen LogP contribution is -2.54. The van der Waals surface area contributed by atoms with Gasteiger partial charge in [0, 0.05) is 6.54 Å². The first-order valence-electron chi connectivity index (χ1n) is 8.33. The van der Waals surface area contributed by atoms with Crippen LogP contribution in [0.3, 0.4) is 0 Å². The highest BCUT2D eigenvalue weighted by Crippen LogP contribution is 2.38. The molecule has 1 aliphatic carbocycles. The highest BCUT2D eigenvalue weighted by atomic mass is 32.1. The van der Waals surface area contributed by atoms with Crippen molar-refractivity contribution in [2.75, 3.05) is 13.2 Å². The fraction of sp³-hybridized carbons (Fsp3) is 0.875. The van der Waals surface area contributed by atoms with Crippen molar-refractivity contribution in [1.82, 2.24) is 4.90 Å². The van der Waals surface area contributed by atoms with Gasteiger partial charge in [-0.2, -0.15) is 0 Å². The van der Waals surface area contributed by atoms with Crippen molar-refractivity contribution in [3.8, 4) is 0 Å². The van der Waals surface area contributed by atoms with Gasteiger partial charge < -0.3 is 15.7 Å². The van der Waals surface area contributed by atoms with Crippen LogP contribution in [0, 0.1) is 5.41 Å². The SMILES string of the molecule is NC(=S)C1(C(=O)N2CCCCCC2CO)CCCCCC1. The summed E-state index contributed by atoms with van der Waals surface area (Å²) in [5, 5.41) is 9.65. The number of likely N-dealkylation sites (tertiary alicyclic amines) is 1. The molecule has 1 unspecified atom stereocenters. The number of rotatable bonds is 3. The maximum atomic E-state index is 13.2. The van der Waals surface area contributed by atoms with Gasteiger partial charge in [0.15, 0.2) is 0 Å². The van der Waals surface area contributed by atoms with E-state index in [1.165, 1.54) is 0 Å². The lowest BCUT2D eigenvalue weighted by molar-refractivity contribution is -0.142. The topological polar surface area (TPSA) is 66.6 Å². The van der Waals surface area contributed by atoms with Gasteiger partial charge in [-0.25, -0.2) is 0 Å². The molecule has 1 amide bonds. The molecule has 21 heavy (non-hydrogen) atoms. The molecule has 1 saturated heterocycles. The van der Waals surface area contributed by atoms with Crippen LogP contribution in [0.2, 0.25) is 0 Å². The molecule has 5 heteroatoms. The molecule has 1 saturated carbocycles. The molecule has 120 valence electrons. The van der Waals surface area contributed by atoms with Crippen molar-refractivity contribution in [2.45, 2.75) is 70.3 Å². The van der Waals surface area contributed by atoms with E-state index >= 15 is 0 Å². The average Bonchev–Trinajstić information content (AvgIpc) is 2.87.